The van der Waals surface area contributed by atoms with Crippen LogP contribution in [0.3, 0.4) is 0 Å². The van der Waals surface area contributed by atoms with E-state index in [4.69, 9.17) is 4.74 Å². The second-order valence-electron chi connectivity index (χ2n) is 13.4. The Morgan fingerprint density at radius 3 is 1.47 bits per heavy atom. The van der Waals surface area contributed by atoms with Gasteiger partial charge in [0, 0.05) is 11.6 Å². The molecular weight excluding hydrogens is 663 g/mol. The molecule has 0 aliphatic heterocycles. The predicted molar refractivity (Wildman–Crippen MR) is 205 cm³/mol. The molecule has 0 aliphatic rings. The third kappa shape index (κ3) is 9.62. The van der Waals surface area contributed by atoms with Crippen LogP contribution in [0, 0.1) is 0 Å². The first-order valence-corrected chi connectivity index (χ1v) is 21.5. The fourth-order valence-electron chi connectivity index (χ4n) is 6.22. The molecule has 0 radical (unpaired) electrons. The number of carbonyl (C=O) groups excluding carboxylic acids is 2. The summed E-state index contributed by atoms with van der Waals surface area (Å²) in [5, 5.41) is 1.31. The summed E-state index contributed by atoms with van der Waals surface area (Å²) in [6, 6.07) is 40.6. The number of hydrogen-bond acceptors (Lipinski definition) is 3. The Bertz CT molecular complexity index is 1480. The molecule has 5 heteroatoms. The van der Waals surface area contributed by atoms with E-state index >= 15 is 0 Å². The standard InChI is InChI=1S/C42H50BrO3P/c1-42(2,3)36-29-27-35(28-30-36)40(44)31-32-41(45)46-33-19-8-6-4-5-7-9-20-34-47(43,37-21-13-10-14-22-37,38-23-15-11-16-24-38)39-25-17-12-18-26-39/h10-18,21-32H,4-9,19-20,33-34H2,1-3H3/b32-31+. The van der Waals surface area contributed by atoms with Crippen LogP contribution in [-0.2, 0) is 14.9 Å². The van der Waals surface area contributed by atoms with Crippen molar-refractivity contribution in [3.8, 4) is 0 Å². The van der Waals surface area contributed by atoms with Crippen LogP contribution in [0.1, 0.15) is 88.1 Å². The summed E-state index contributed by atoms with van der Waals surface area (Å²) in [5.41, 5.74) is 1.76. The molecule has 0 aliphatic carbocycles. The van der Waals surface area contributed by atoms with Crippen LogP contribution < -0.4 is 15.9 Å². The maximum absolute atomic E-state index is 12.4. The van der Waals surface area contributed by atoms with E-state index in [1.165, 1.54) is 59.3 Å². The monoisotopic (exact) mass is 712 g/mol. The molecule has 0 atom stereocenters. The van der Waals surface area contributed by atoms with Crippen LogP contribution >= 0.6 is 20.8 Å². The Morgan fingerprint density at radius 2 is 1.02 bits per heavy atom. The van der Waals surface area contributed by atoms with Crippen molar-refractivity contribution in [3.05, 3.63) is 139 Å². The number of esters is 1. The minimum absolute atomic E-state index is 0.0293. The quantitative estimate of drug-likeness (QED) is 0.0360. The average Bonchev–Trinajstić information content (AvgIpc) is 3.10. The average molecular weight is 714 g/mol. The molecule has 3 nitrogen and oxygen atoms in total. The van der Waals surface area contributed by atoms with E-state index < -0.39 is 11.3 Å². The molecule has 0 N–H and O–H groups in total. The fourth-order valence-corrected chi connectivity index (χ4v) is 14.0. The van der Waals surface area contributed by atoms with Crippen LogP contribution in [0.25, 0.3) is 0 Å². The summed E-state index contributed by atoms with van der Waals surface area (Å²) in [6.07, 6.45) is 12.6. The second kappa shape index (κ2) is 17.2. The van der Waals surface area contributed by atoms with Crippen molar-refractivity contribution in [1.29, 1.82) is 0 Å². The maximum atomic E-state index is 12.4. The number of halogens is 1. The molecule has 0 aromatic heterocycles. The van der Waals surface area contributed by atoms with Crippen molar-refractivity contribution in [1.82, 2.24) is 0 Å². The minimum Gasteiger partial charge on any atom is -0.0578 e. The predicted octanol–water partition coefficient (Wildman–Crippen LogP) is 10.2. The topological polar surface area (TPSA) is 43.4 Å². The Balaban J connectivity index is 1.17. The molecule has 0 heterocycles. The molecule has 47 heavy (non-hydrogen) atoms. The molecule has 0 saturated carbocycles. The molecule has 0 spiro atoms. The molecule has 4 aromatic rings. The zero-order valence-corrected chi connectivity index (χ0v) is 30.7. The van der Waals surface area contributed by atoms with Gasteiger partial charge in [0.05, 0.1) is 0 Å². The number of ether oxygens (including phenoxy) is 1. The number of ketones is 1. The van der Waals surface area contributed by atoms with Crippen molar-refractivity contribution in [2.24, 2.45) is 0 Å². The maximum Gasteiger partial charge on any atom is -0.0508 e. The Labute approximate surface area is 290 Å². The van der Waals surface area contributed by atoms with Crippen molar-refractivity contribution >= 4 is 48.5 Å². The van der Waals surface area contributed by atoms with Crippen molar-refractivity contribution in [2.45, 2.75) is 77.6 Å². The second-order valence-corrected chi connectivity index (χ2v) is 22.5. The summed E-state index contributed by atoms with van der Waals surface area (Å²) in [4.78, 5) is 24.5. The Kier molecular flexibility index (Phi) is 13.3. The molecule has 4 rings (SSSR count). The van der Waals surface area contributed by atoms with Gasteiger partial charge in [-0.15, -0.1) is 0 Å². The molecule has 248 valence electrons. The van der Waals surface area contributed by atoms with E-state index in [-0.39, 0.29) is 11.2 Å². The first-order chi connectivity index (χ1) is 22.6. The molecule has 4 aromatic carbocycles. The summed E-state index contributed by atoms with van der Waals surface area (Å²) < 4.78 is 5.32. The van der Waals surface area contributed by atoms with Gasteiger partial charge in [0.25, 0.3) is 0 Å². The number of unbranched alkanes of at least 4 members (excludes halogenated alkanes) is 7. The summed E-state index contributed by atoms with van der Waals surface area (Å²) in [5.74, 6) is -0.656. The molecular formula is C42H50BrO3P. The van der Waals surface area contributed by atoms with Crippen molar-refractivity contribution in [3.63, 3.8) is 0 Å². The SMILES string of the molecule is CC(C)(C)c1ccc(C(=O)/C=C/C(=O)OCCCCCCCCCCP(Br)(c2ccccc2)(c2ccccc2)c2ccccc2)cc1. The van der Waals surface area contributed by atoms with Gasteiger partial charge >= 0.3 is 203 Å². The Morgan fingerprint density at radius 1 is 0.596 bits per heavy atom. The van der Waals surface area contributed by atoms with E-state index in [0.29, 0.717) is 12.2 Å². The van der Waals surface area contributed by atoms with Gasteiger partial charge in [-0.2, -0.15) is 0 Å². The number of hydrogen-bond donors (Lipinski definition) is 0. The van der Waals surface area contributed by atoms with E-state index in [1.54, 1.807) is 0 Å². The zero-order valence-electron chi connectivity index (χ0n) is 28.2. The van der Waals surface area contributed by atoms with Crippen LogP contribution in [0.4, 0.5) is 0 Å². The fraction of sp³-hybridized carbons (Fsp3) is 0.333. The van der Waals surface area contributed by atoms with Gasteiger partial charge in [-0.25, -0.2) is 4.79 Å². The van der Waals surface area contributed by atoms with Crippen LogP contribution in [0.2, 0.25) is 0 Å². The van der Waals surface area contributed by atoms with Gasteiger partial charge in [-0.1, -0.05) is 45.0 Å². The smallest absolute Gasteiger partial charge is 0.0508 e. The molecule has 0 amide bonds. The molecule has 0 bridgehead atoms. The number of allylic oxidation sites excluding steroid dienone is 1. The van der Waals surface area contributed by atoms with E-state index in [2.05, 4.69) is 127 Å². The number of rotatable bonds is 17. The van der Waals surface area contributed by atoms with Crippen LogP contribution in [0.15, 0.2) is 127 Å². The van der Waals surface area contributed by atoms with Gasteiger partial charge in [0.15, 0.2) is 5.78 Å². The van der Waals surface area contributed by atoms with E-state index in [1.807, 2.05) is 24.3 Å². The number of benzene rings is 4. The first kappa shape index (κ1) is 36.5. The van der Waals surface area contributed by atoms with Crippen molar-refractivity contribution < 1.29 is 14.3 Å². The largest absolute Gasteiger partial charge is 0.0578 e. The number of carbonyl (C=O) groups is 2. The van der Waals surface area contributed by atoms with Gasteiger partial charge in [0.1, 0.15) is 0 Å². The first-order valence-electron chi connectivity index (χ1n) is 17.0. The third-order valence-corrected chi connectivity index (χ3v) is 19.0. The van der Waals surface area contributed by atoms with Gasteiger partial charge in [-0.3, -0.25) is 4.79 Å². The summed E-state index contributed by atoms with van der Waals surface area (Å²) in [6.45, 7) is 6.79. The Hall–Kier alpha value is -3.33. The van der Waals surface area contributed by atoms with E-state index in [9.17, 15) is 9.59 Å². The van der Waals surface area contributed by atoms with Gasteiger partial charge in [0.2, 0.25) is 0 Å². The van der Waals surface area contributed by atoms with Crippen molar-refractivity contribution in [2.75, 3.05) is 12.8 Å². The summed E-state index contributed by atoms with van der Waals surface area (Å²) in [7, 11) is 0. The van der Waals surface area contributed by atoms with Crippen LogP contribution in [-0.4, -0.2) is 24.5 Å². The van der Waals surface area contributed by atoms with E-state index in [0.717, 1.165) is 31.8 Å². The summed E-state index contributed by atoms with van der Waals surface area (Å²) >= 11 is 4.56. The third-order valence-electron chi connectivity index (χ3n) is 9.01. The normalized spacial score (nSPS) is 12.8. The molecule has 0 fully saturated rings. The zero-order chi connectivity index (χ0) is 33.6. The minimum atomic E-state index is -2.83. The van der Waals surface area contributed by atoms with Gasteiger partial charge in [-0.05, 0) is 17.1 Å². The van der Waals surface area contributed by atoms with Crippen LogP contribution in [0.5, 0.6) is 0 Å². The molecule has 0 saturated heterocycles. The van der Waals surface area contributed by atoms with Gasteiger partial charge < -0.3 is 0 Å². The molecule has 0 unspecified atom stereocenters.